The number of nitrogens with zero attached hydrogens (tertiary/aromatic N) is 2. The molecule has 1 N–H and O–H groups in total. The first-order chi connectivity index (χ1) is 8.62. The van der Waals surface area contributed by atoms with Gasteiger partial charge >= 0.3 is 5.97 Å². The summed E-state index contributed by atoms with van der Waals surface area (Å²) in [7, 11) is 1.17. The van der Waals surface area contributed by atoms with E-state index in [9.17, 15) is 9.18 Å². The number of nitriles is 2. The average Bonchev–Trinajstić information content (AvgIpc) is 2.40. The summed E-state index contributed by atoms with van der Waals surface area (Å²) in [5, 5.41) is 19.7. The third-order valence-corrected chi connectivity index (χ3v) is 2.00. The fraction of sp³-hybridized carbons (Fsp3) is 0.0833. The molecule has 0 aliphatic carbocycles. The number of benzene rings is 1. The van der Waals surface area contributed by atoms with Gasteiger partial charge in [-0.05, 0) is 18.2 Å². The van der Waals surface area contributed by atoms with Gasteiger partial charge in [-0.15, -0.1) is 0 Å². The van der Waals surface area contributed by atoms with Crippen LogP contribution in [-0.4, -0.2) is 13.1 Å². The van der Waals surface area contributed by atoms with E-state index in [-0.39, 0.29) is 16.8 Å². The summed E-state index contributed by atoms with van der Waals surface area (Å²) >= 11 is 0. The lowest BCUT2D eigenvalue weighted by Crippen LogP contribution is -2.06. The van der Waals surface area contributed by atoms with Gasteiger partial charge in [0.05, 0.1) is 18.4 Å². The van der Waals surface area contributed by atoms with Crippen LogP contribution in [0.4, 0.5) is 10.1 Å². The van der Waals surface area contributed by atoms with Gasteiger partial charge in [-0.25, -0.2) is 9.18 Å². The van der Waals surface area contributed by atoms with Gasteiger partial charge < -0.3 is 10.1 Å². The molecule has 1 aromatic rings. The lowest BCUT2D eigenvalue weighted by Gasteiger charge is -2.07. The molecule has 0 aliphatic rings. The highest BCUT2D eigenvalue weighted by molar-refractivity contribution is 5.95. The monoisotopic (exact) mass is 245 g/mol. The van der Waals surface area contributed by atoms with Crippen molar-refractivity contribution in [2.45, 2.75) is 0 Å². The lowest BCUT2D eigenvalue weighted by atomic mass is 10.1. The summed E-state index contributed by atoms with van der Waals surface area (Å²) < 4.78 is 17.5. The first kappa shape index (κ1) is 13.2. The lowest BCUT2D eigenvalue weighted by molar-refractivity contribution is 0.0601. The molecular formula is C12H8FN3O2. The van der Waals surface area contributed by atoms with Crippen LogP contribution in [0.25, 0.3) is 0 Å². The van der Waals surface area contributed by atoms with Gasteiger partial charge in [0.1, 0.15) is 23.5 Å². The molecule has 1 rings (SSSR count). The molecule has 0 radical (unpaired) electrons. The summed E-state index contributed by atoms with van der Waals surface area (Å²) in [6, 6.07) is 6.74. The number of carbonyl (C=O) groups excluding carboxylic acids is 1. The zero-order valence-corrected chi connectivity index (χ0v) is 9.40. The number of rotatable bonds is 3. The van der Waals surface area contributed by atoms with Crippen molar-refractivity contribution in [1.82, 2.24) is 0 Å². The fourth-order valence-corrected chi connectivity index (χ4v) is 1.16. The smallest absolute Gasteiger partial charge is 0.340 e. The molecule has 0 saturated heterocycles. The average molecular weight is 245 g/mol. The molecule has 0 fully saturated rings. The van der Waals surface area contributed by atoms with Crippen molar-refractivity contribution >= 4 is 11.7 Å². The largest absolute Gasteiger partial charge is 0.465 e. The Morgan fingerprint density at radius 3 is 2.67 bits per heavy atom. The number of halogens is 1. The highest BCUT2D eigenvalue weighted by Gasteiger charge is 2.12. The van der Waals surface area contributed by atoms with Crippen LogP contribution in [0.1, 0.15) is 10.4 Å². The van der Waals surface area contributed by atoms with Gasteiger partial charge in [-0.3, -0.25) is 0 Å². The predicted octanol–water partition coefficient (Wildman–Crippen LogP) is 1.96. The van der Waals surface area contributed by atoms with E-state index in [4.69, 9.17) is 10.5 Å². The normalized spacial score (nSPS) is 8.67. The van der Waals surface area contributed by atoms with Gasteiger partial charge in [0.15, 0.2) is 0 Å². The summed E-state index contributed by atoms with van der Waals surface area (Å²) in [6.45, 7) is 0. The van der Waals surface area contributed by atoms with E-state index < -0.39 is 11.8 Å². The number of esters is 1. The molecule has 18 heavy (non-hydrogen) atoms. The van der Waals surface area contributed by atoms with E-state index in [1.54, 1.807) is 12.1 Å². The van der Waals surface area contributed by atoms with Gasteiger partial charge in [0.25, 0.3) is 0 Å². The van der Waals surface area contributed by atoms with Crippen LogP contribution in [0.5, 0.6) is 0 Å². The summed E-state index contributed by atoms with van der Waals surface area (Å²) in [4.78, 5) is 11.4. The van der Waals surface area contributed by atoms with E-state index in [2.05, 4.69) is 10.1 Å². The van der Waals surface area contributed by atoms with Gasteiger partial charge in [-0.1, -0.05) is 0 Å². The highest BCUT2D eigenvalue weighted by atomic mass is 19.1. The van der Waals surface area contributed by atoms with Gasteiger partial charge in [0.2, 0.25) is 0 Å². The SMILES string of the molecule is COC(=O)c1cc(F)ccc1NC=C(C#N)C#N. The second kappa shape index (κ2) is 6.02. The topological polar surface area (TPSA) is 85.9 Å². The van der Waals surface area contributed by atoms with Crippen molar-refractivity contribution in [3.63, 3.8) is 0 Å². The van der Waals surface area contributed by atoms with E-state index >= 15 is 0 Å². The Balaban J connectivity index is 3.11. The molecule has 0 atom stereocenters. The number of allylic oxidation sites excluding steroid dienone is 1. The quantitative estimate of drug-likeness (QED) is 0.649. The molecule has 5 nitrogen and oxygen atoms in total. The van der Waals surface area contributed by atoms with Gasteiger partial charge in [0, 0.05) is 6.20 Å². The summed E-state index contributed by atoms with van der Waals surface area (Å²) in [6.07, 6.45) is 1.12. The van der Waals surface area contributed by atoms with Crippen LogP contribution in [-0.2, 0) is 4.74 Å². The molecule has 6 heteroatoms. The predicted molar refractivity (Wildman–Crippen MR) is 60.7 cm³/mol. The summed E-state index contributed by atoms with van der Waals surface area (Å²) in [5.41, 5.74) is 0.0466. The number of hydrogen-bond donors (Lipinski definition) is 1. The fourth-order valence-electron chi connectivity index (χ4n) is 1.16. The van der Waals surface area contributed by atoms with E-state index in [0.29, 0.717) is 0 Å². The number of methoxy groups -OCH3 is 1. The van der Waals surface area contributed by atoms with Crippen molar-refractivity contribution in [3.05, 3.63) is 41.4 Å². The zero-order chi connectivity index (χ0) is 13.5. The molecule has 0 unspecified atom stereocenters. The maximum absolute atomic E-state index is 13.0. The van der Waals surface area contributed by atoms with Crippen LogP contribution in [0.2, 0.25) is 0 Å². The minimum Gasteiger partial charge on any atom is -0.465 e. The van der Waals surface area contributed by atoms with Crippen LogP contribution >= 0.6 is 0 Å². The van der Waals surface area contributed by atoms with E-state index in [0.717, 1.165) is 18.3 Å². The third kappa shape index (κ3) is 3.06. The maximum Gasteiger partial charge on any atom is 0.340 e. The number of carbonyl (C=O) groups is 1. The van der Waals surface area contributed by atoms with E-state index in [1.165, 1.54) is 13.2 Å². The summed E-state index contributed by atoms with van der Waals surface area (Å²) in [5.74, 6) is -1.31. The Labute approximate surface area is 103 Å². The molecule has 0 aromatic heterocycles. The number of nitrogens with one attached hydrogen (secondary N) is 1. The third-order valence-electron chi connectivity index (χ3n) is 2.00. The second-order valence-electron chi connectivity index (χ2n) is 3.11. The van der Waals surface area contributed by atoms with Gasteiger partial charge in [-0.2, -0.15) is 10.5 Å². The molecule has 90 valence electrons. The first-order valence-electron chi connectivity index (χ1n) is 4.77. The second-order valence-corrected chi connectivity index (χ2v) is 3.11. The molecule has 0 saturated carbocycles. The molecule has 1 aromatic carbocycles. The molecule has 0 spiro atoms. The van der Waals surface area contributed by atoms with Crippen molar-refractivity contribution in [2.24, 2.45) is 0 Å². The van der Waals surface area contributed by atoms with Crippen molar-refractivity contribution in [2.75, 3.05) is 12.4 Å². The Morgan fingerprint density at radius 2 is 2.11 bits per heavy atom. The Bertz CT molecular complexity index is 566. The molecule has 0 bridgehead atoms. The van der Waals surface area contributed by atoms with Crippen LogP contribution in [0.3, 0.4) is 0 Å². The first-order valence-corrected chi connectivity index (χ1v) is 4.77. The molecule has 0 aliphatic heterocycles. The van der Waals surface area contributed by atoms with Crippen LogP contribution < -0.4 is 5.32 Å². The molecule has 0 amide bonds. The van der Waals surface area contributed by atoms with Crippen molar-refractivity contribution in [1.29, 1.82) is 10.5 Å². The Morgan fingerprint density at radius 1 is 1.44 bits per heavy atom. The van der Waals surface area contributed by atoms with Crippen LogP contribution in [0.15, 0.2) is 30.0 Å². The maximum atomic E-state index is 13.0. The Hall–Kier alpha value is -2.86. The van der Waals surface area contributed by atoms with E-state index in [1.807, 2.05) is 0 Å². The highest BCUT2D eigenvalue weighted by Crippen LogP contribution is 2.18. The minimum atomic E-state index is -0.721. The zero-order valence-electron chi connectivity index (χ0n) is 9.40. The molecular weight excluding hydrogens is 237 g/mol. The Kier molecular flexibility index (Phi) is 4.42. The number of anilines is 1. The number of ether oxygens (including phenoxy) is 1. The van der Waals surface area contributed by atoms with Crippen molar-refractivity contribution in [3.8, 4) is 12.1 Å². The van der Waals surface area contributed by atoms with Crippen LogP contribution in [0, 0.1) is 28.5 Å². The number of hydrogen-bond acceptors (Lipinski definition) is 5. The minimum absolute atomic E-state index is 0.0241. The standard InChI is InChI=1S/C12H8FN3O2/c1-18-12(17)10-4-9(13)2-3-11(10)16-7-8(5-14)6-15/h2-4,7,16H,1H3. The molecule has 0 heterocycles. The van der Waals surface area contributed by atoms with Crippen molar-refractivity contribution < 1.29 is 13.9 Å².